The molecule has 0 atom stereocenters. The summed E-state index contributed by atoms with van der Waals surface area (Å²) in [6.45, 7) is 11.2. The molecule has 3 N–H and O–H groups in total. The fraction of sp³-hybridized carbons (Fsp3) is 0.389. The van der Waals surface area contributed by atoms with E-state index in [1.54, 1.807) is 52.3 Å². The van der Waals surface area contributed by atoms with Gasteiger partial charge in [0.25, 0.3) is 0 Å². The monoisotopic (exact) mass is 663 g/mol. The third-order valence-electron chi connectivity index (χ3n) is 5.69. The lowest BCUT2D eigenvalue weighted by atomic mass is 10.1. The topological polar surface area (TPSA) is 100 Å². The first kappa shape index (κ1) is 44.9. The number of nitrogens with one attached hydrogen (secondary N) is 2. The summed E-state index contributed by atoms with van der Waals surface area (Å²) in [4.78, 5) is 26.7. The number of anilines is 1. The van der Waals surface area contributed by atoms with E-state index in [9.17, 15) is 22.8 Å². The van der Waals surface area contributed by atoms with Crippen molar-refractivity contribution in [1.82, 2.24) is 10.4 Å². The smallest absolute Gasteiger partial charge is 0.305 e. The Bertz CT molecular complexity index is 1320. The van der Waals surface area contributed by atoms with E-state index in [-0.39, 0.29) is 30.2 Å². The number of ether oxygens (including phenoxy) is 1. The standard InChI is InChI=1S/C12H18FNO.C10H12FNO2.C8H7FO.C4H8.C2H7NO/c1-10-5-6-12(11(13)9-10)15-8-4-7-14(2)3;1-7-2-3-9(8(11)6-7)12-5-4-10(13)14;1-6-2-3-7(5-10)8(9)4-6;2*1-3-4-2/h5-6,9H,4,7-8H2,1-3H3;2-3,6,12H,4-5H2,1H3,(H,13,14);2-5H,1H3;3-4H,1-2H3;3H,1-2H3/b;;;4-3-;. The predicted molar refractivity (Wildman–Crippen MR) is 185 cm³/mol. The number of rotatable bonds is 11. The molecule has 0 fully saturated rings. The SMILES string of the molecule is C/C=C\C.CNOC.Cc1ccc(C=O)c(F)c1.Cc1ccc(NCCC(=O)O)c(F)c1.Cc1ccc(OCCCN(C)C)c(F)c1. The minimum Gasteiger partial charge on any atom is -0.490 e. The predicted octanol–water partition coefficient (Wildman–Crippen LogP) is 7.78. The van der Waals surface area contributed by atoms with Gasteiger partial charge < -0.3 is 24.9 Å². The van der Waals surface area contributed by atoms with Gasteiger partial charge in [0.15, 0.2) is 17.9 Å². The van der Waals surface area contributed by atoms with Crippen LogP contribution >= 0.6 is 0 Å². The summed E-state index contributed by atoms with van der Waals surface area (Å²) in [5.74, 6) is -1.63. The zero-order chi connectivity index (χ0) is 36.2. The zero-order valence-corrected chi connectivity index (χ0v) is 29.1. The molecule has 8 nitrogen and oxygen atoms in total. The molecule has 0 aliphatic carbocycles. The number of aryl methyl sites for hydroxylation is 3. The molecule has 3 aromatic rings. The van der Waals surface area contributed by atoms with E-state index < -0.39 is 11.8 Å². The lowest BCUT2D eigenvalue weighted by Crippen LogP contribution is -2.15. The van der Waals surface area contributed by atoms with Crippen LogP contribution in [0.5, 0.6) is 5.75 Å². The normalized spacial score (nSPS) is 9.81. The number of hydrogen-bond acceptors (Lipinski definition) is 7. The molecule has 262 valence electrons. The van der Waals surface area contributed by atoms with Crippen LogP contribution < -0.4 is 15.5 Å². The number of hydroxylamine groups is 1. The summed E-state index contributed by atoms with van der Waals surface area (Å²) >= 11 is 0. The molecule has 3 aromatic carbocycles. The number of aldehydes is 1. The van der Waals surface area contributed by atoms with Crippen molar-refractivity contribution in [3.63, 3.8) is 0 Å². The van der Waals surface area contributed by atoms with Crippen molar-refractivity contribution < 1.29 is 37.4 Å². The van der Waals surface area contributed by atoms with E-state index in [2.05, 4.69) is 20.5 Å². The van der Waals surface area contributed by atoms with Crippen molar-refractivity contribution >= 4 is 17.9 Å². The minimum absolute atomic E-state index is 0.0205. The number of carbonyl (C=O) groups excluding carboxylic acids is 1. The molecule has 0 bridgehead atoms. The summed E-state index contributed by atoms with van der Waals surface area (Å²) in [6, 6.07) is 14.3. The Morgan fingerprint density at radius 2 is 1.38 bits per heavy atom. The van der Waals surface area contributed by atoms with Crippen molar-refractivity contribution in [3.8, 4) is 5.75 Å². The molecule has 0 saturated heterocycles. The van der Waals surface area contributed by atoms with Crippen LogP contribution in [0.2, 0.25) is 0 Å². The van der Waals surface area contributed by atoms with Crippen molar-refractivity contribution in [2.45, 2.75) is 47.5 Å². The number of carboxylic acids is 1. The molecule has 0 saturated carbocycles. The first-order valence-electron chi connectivity index (χ1n) is 15.0. The van der Waals surface area contributed by atoms with E-state index >= 15 is 0 Å². The Labute approximate surface area is 278 Å². The molecule has 0 aromatic heterocycles. The Morgan fingerprint density at radius 1 is 0.872 bits per heavy atom. The highest BCUT2D eigenvalue weighted by molar-refractivity contribution is 5.75. The largest absolute Gasteiger partial charge is 0.490 e. The minimum atomic E-state index is -0.898. The number of hydrogen-bond donors (Lipinski definition) is 3. The lowest BCUT2D eigenvalue weighted by Gasteiger charge is -2.10. The molecule has 0 aliphatic rings. The van der Waals surface area contributed by atoms with Gasteiger partial charge in [-0.25, -0.2) is 18.7 Å². The summed E-state index contributed by atoms with van der Waals surface area (Å²) in [7, 11) is 7.29. The van der Waals surface area contributed by atoms with Crippen LogP contribution in [0.4, 0.5) is 18.9 Å². The maximum absolute atomic E-state index is 13.3. The van der Waals surface area contributed by atoms with E-state index in [1.165, 1.54) is 24.3 Å². The second-order valence-electron chi connectivity index (χ2n) is 10.2. The van der Waals surface area contributed by atoms with Crippen molar-refractivity contribution in [3.05, 3.63) is 106 Å². The van der Waals surface area contributed by atoms with Gasteiger partial charge in [-0.05, 0) is 108 Å². The number of halogens is 3. The number of carbonyl (C=O) groups is 2. The average molecular weight is 664 g/mol. The van der Waals surface area contributed by atoms with Crippen LogP contribution in [0.3, 0.4) is 0 Å². The van der Waals surface area contributed by atoms with Gasteiger partial charge in [0.2, 0.25) is 0 Å². The Morgan fingerprint density at radius 3 is 1.81 bits per heavy atom. The average Bonchev–Trinajstić information content (AvgIpc) is 3.02. The van der Waals surface area contributed by atoms with Gasteiger partial charge in [-0.1, -0.05) is 30.4 Å². The molecule has 0 heterocycles. The van der Waals surface area contributed by atoms with Crippen LogP contribution in [0, 0.1) is 38.2 Å². The summed E-state index contributed by atoms with van der Waals surface area (Å²) < 4.78 is 44.4. The molecular weight excluding hydrogens is 611 g/mol. The Kier molecular flexibility index (Phi) is 26.8. The maximum Gasteiger partial charge on any atom is 0.305 e. The number of nitrogens with zero attached hydrogens (tertiary/aromatic N) is 1. The molecule has 3 rings (SSSR count). The molecule has 0 amide bonds. The third kappa shape index (κ3) is 24.7. The highest BCUT2D eigenvalue weighted by atomic mass is 19.1. The molecule has 47 heavy (non-hydrogen) atoms. The fourth-order valence-electron chi connectivity index (χ4n) is 3.08. The Balaban J connectivity index is 0. The quantitative estimate of drug-likeness (QED) is 0.0828. The van der Waals surface area contributed by atoms with E-state index in [0.717, 1.165) is 29.7 Å². The zero-order valence-electron chi connectivity index (χ0n) is 29.1. The van der Waals surface area contributed by atoms with Crippen LogP contribution in [-0.4, -0.2) is 70.2 Å². The van der Waals surface area contributed by atoms with E-state index in [0.29, 0.717) is 24.3 Å². The van der Waals surface area contributed by atoms with Gasteiger partial charge in [0.1, 0.15) is 11.6 Å². The number of allylic oxidation sites excluding steroid dienone is 2. The summed E-state index contributed by atoms with van der Waals surface area (Å²) in [5, 5.41) is 11.1. The summed E-state index contributed by atoms with van der Waals surface area (Å²) in [6.07, 6.45) is 5.39. The van der Waals surface area contributed by atoms with Gasteiger partial charge in [-0.2, -0.15) is 0 Å². The summed E-state index contributed by atoms with van der Waals surface area (Å²) in [5.41, 5.74) is 5.46. The van der Waals surface area contributed by atoms with Crippen LogP contribution in [0.1, 0.15) is 53.7 Å². The van der Waals surface area contributed by atoms with E-state index in [1.807, 2.05) is 53.1 Å². The van der Waals surface area contributed by atoms with Gasteiger partial charge >= 0.3 is 5.97 Å². The number of aliphatic carboxylic acids is 1. The van der Waals surface area contributed by atoms with Gasteiger partial charge in [0, 0.05) is 20.1 Å². The first-order valence-corrected chi connectivity index (χ1v) is 15.0. The van der Waals surface area contributed by atoms with Crippen LogP contribution in [0.15, 0.2) is 66.7 Å². The highest BCUT2D eigenvalue weighted by Crippen LogP contribution is 2.18. The van der Waals surface area contributed by atoms with Crippen LogP contribution in [-0.2, 0) is 9.63 Å². The third-order valence-corrected chi connectivity index (χ3v) is 5.69. The first-order chi connectivity index (χ1) is 22.2. The van der Waals surface area contributed by atoms with Crippen molar-refractivity contribution in [1.29, 1.82) is 0 Å². The van der Waals surface area contributed by atoms with Gasteiger partial charge in [-0.3, -0.25) is 9.59 Å². The molecular formula is C36H52F3N3O5. The molecule has 0 spiro atoms. The Hall–Kier alpha value is -4.19. The second-order valence-corrected chi connectivity index (χ2v) is 10.2. The molecule has 0 radical (unpaired) electrons. The molecule has 0 unspecified atom stereocenters. The maximum atomic E-state index is 13.3. The van der Waals surface area contributed by atoms with Gasteiger partial charge in [-0.15, -0.1) is 0 Å². The fourth-order valence-corrected chi connectivity index (χ4v) is 3.08. The number of benzene rings is 3. The highest BCUT2D eigenvalue weighted by Gasteiger charge is 2.03. The van der Waals surface area contributed by atoms with Crippen LogP contribution in [0.25, 0.3) is 0 Å². The van der Waals surface area contributed by atoms with E-state index in [4.69, 9.17) is 9.84 Å². The molecule has 0 aliphatic heterocycles. The van der Waals surface area contributed by atoms with Crippen molar-refractivity contribution in [2.75, 3.05) is 53.3 Å². The van der Waals surface area contributed by atoms with Gasteiger partial charge in [0.05, 0.1) is 31.4 Å². The molecule has 11 heteroatoms. The number of carboxylic acid groups (broad SMARTS) is 1. The van der Waals surface area contributed by atoms with Crippen molar-refractivity contribution in [2.24, 2.45) is 0 Å². The lowest BCUT2D eigenvalue weighted by molar-refractivity contribution is -0.136. The second kappa shape index (κ2) is 28.1.